The van der Waals surface area contributed by atoms with Gasteiger partial charge >= 0.3 is 11.8 Å². The fraction of sp³-hybridized carbons (Fsp3) is 0.308. The molecule has 0 atom stereocenters. The van der Waals surface area contributed by atoms with Gasteiger partial charge in [-0.05, 0) is 5.56 Å². The molecular weight excluding hydrogens is 246 g/mol. The Morgan fingerprint density at radius 1 is 1.32 bits per heavy atom. The zero-order valence-electron chi connectivity index (χ0n) is 10.6. The molecule has 0 aliphatic carbocycles. The van der Waals surface area contributed by atoms with E-state index < -0.39 is 0 Å². The Bertz CT molecular complexity index is 525. The van der Waals surface area contributed by atoms with Gasteiger partial charge in [0.15, 0.2) is 0 Å². The van der Waals surface area contributed by atoms with Gasteiger partial charge < -0.3 is 14.5 Å². The molecule has 1 amide bonds. The summed E-state index contributed by atoms with van der Waals surface area (Å²) in [6, 6.07) is 9.73. The molecule has 1 heterocycles. The Hall–Kier alpha value is -2.21. The van der Waals surface area contributed by atoms with Gasteiger partial charge in [-0.25, -0.2) is 0 Å². The van der Waals surface area contributed by atoms with Crippen LogP contribution >= 0.6 is 0 Å². The van der Waals surface area contributed by atoms with E-state index in [9.17, 15) is 4.79 Å². The van der Waals surface area contributed by atoms with Gasteiger partial charge in [0.1, 0.15) is 0 Å². The number of carbonyl (C=O) groups is 1. The Balaban J connectivity index is 1.93. The van der Waals surface area contributed by atoms with Gasteiger partial charge in [-0.2, -0.15) is 0 Å². The maximum Gasteiger partial charge on any atom is 0.308 e. The Morgan fingerprint density at radius 2 is 2.11 bits per heavy atom. The highest BCUT2D eigenvalue weighted by atomic mass is 16.5. The lowest BCUT2D eigenvalue weighted by Gasteiger charge is -1.99. The molecule has 2 rings (SSSR count). The average molecular weight is 261 g/mol. The molecule has 0 saturated heterocycles. The largest absolute Gasteiger partial charge is 0.417 e. The van der Waals surface area contributed by atoms with Gasteiger partial charge in [-0.1, -0.05) is 30.3 Å². The summed E-state index contributed by atoms with van der Waals surface area (Å²) in [6.45, 7) is 0.850. The molecule has 0 fully saturated rings. The van der Waals surface area contributed by atoms with Crippen LogP contribution in [0.2, 0.25) is 0 Å². The molecular formula is C13H15N3O3. The molecule has 1 N–H and O–H groups in total. The SMILES string of the molecule is COCCNC(=O)c1nnc(Cc2ccccc2)o1. The van der Waals surface area contributed by atoms with E-state index in [1.54, 1.807) is 7.11 Å². The van der Waals surface area contributed by atoms with Crippen molar-refractivity contribution in [1.29, 1.82) is 0 Å². The Kier molecular flexibility index (Phi) is 4.63. The first-order valence-electron chi connectivity index (χ1n) is 5.93. The monoisotopic (exact) mass is 261 g/mol. The Labute approximate surface area is 110 Å². The fourth-order valence-electron chi connectivity index (χ4n) is 1.53. The zero-order valence-corrected chi connectivity index (χ0v) is 10.6. The molecule has 6 nitrogen and oxygen atoms in total. The molecule has 0 aliphatic heterocycles. The van der Waals surface area contributed by atoms with E-state index in [-0.39, 0.29) is 11.8 Å². The second kappa shape index (κ2) is 6.65. The number of ether oxygens (including phenoxy) is 1. The normalized spacial score (nSPS) is 10.4. The van der Waals surface area contributed by atoms with Crippen molar-refractivity contribution in [2.45, 2.75) is 6.42 Å². The predicted octanol–water partition coefficient (Wildman–Crippen LogP) is 1.04. The molecule has 100 valence electrons. The lowest BCUT2D eigenvalue weighted by Crippen LogP contribution is -2.27. The summed E-state index contributed by atoms with van der Waals surface area (Å²) in [5, 5.41) is 10.2. The minimum absolute atomic E-state index is 0.0259. The number of aromatic nitrogens is 2. The second-order valence-electron chi connectivity index (χ2n) is 3.91. The topological polar surface area (TPSA) is 77.2 Å². The highest BCUT2D eigenvalue weighted by molar-refractivity contribution is 5.89. The second-order valence-corrected chi connectivity index (χ2v) is 3.91. The van der Waals surface area contributed by atoms with E-state index >= 15 is 0 Å². The number of hydrogen-bond donors (Lipinski definition) is 1. The van der Waals surface area contributed by atoms with Crippen LogP contribution in [0.3, 0.4) is 0 Å². The van der Waals surface area contributed by atoms with Gasteiger partial charge in [-0.3, -0.25) is 4.79 Å². The summed E-state index contributed by atoms with van der Waals surface area (Å²) in [6.07, 6.45) is 0.513. The highest BCUT2D eigenvalue weighted by Gasteiger charge is 2.14. The van der Waals surface area contributed by atoms with Crippen LogP contribution in [0, 0.1) is 0 Å². The van der Waals surface area contributed by atoms with Gasteiger partial charge in [0, 0.05) is 13.7 Å². The first kappa shape index (κ1) is 13.2. The molecule has 0 unspecified atom stereocenters. The number of amides is 1. The van der Waals surface area contributed by atoms with Crippen LogP contribution in [0.1, 0.15) is 22.1 Å². The Morgan fingerprint density at radius 3 is 2.84 bits per heavy atom. The fourth-order valence-corrected chi connectivity index (χ4v) is 1.53. The van der Waals surface area contributed by atoms with Crippen molar-refractivity contribution < 1.29 is 13.9 Å². The smallest absolute Gasteiger partial charge is 0.308 e. The van der Waals surface area contributed by atoms with E-state index in [4.69, 9.17) is 9.15 Å². The van der Waals surface area contributed by atoms with Crippen LogP contribution in [0.5, 0.6) is 0 Å². The van der Waals surface area contributed by atoms with Crippen LogP contribution in [0.25, 0.3) is 0 Å². The molecule has 0 saturated carbocycles. The van der Waals surface area contributed by atoms with E-state index in [0.717, 1.165) is 5.56 Å². The van der Waals surface area contributed by atoms with Gasteiger partial charge in [0.2, 0.25) is 5.89 Å². The third-order valence-corrected chi connectivity index (χ3v) is 2.45. The van der Waals surface area contributed by atoms with Crippen LogP contribution in [-0.2, 0) is 11.2 Å². The molecule has 1 aromatic heterocycles. The van der Waals surface area contributed by atoms with Gasteiger partial charge in [-0.15, -0.1) is 10.2 Å². The first-order chi connectivity index (χ1) is 9.29. The number of nitrogens with one attached hydrogen (secondary N) is 1. The van der Waals surface area contributed by atoms with Crippen LogP contribution in [0.4, 0.5) is 0 Å². The molecule has 0 radical (unpaired) electrons. The minimum atomic E-state index is -0.385. The first-order valence-corrected chi connectivity index (χ1v) is 5.93. The van der Waals surface area contributed by atoms with Crippen molar-refractivity contribution >= 4 is 5.91 Å². The third-order valence-electron chi connectivity index (χ3n) is 2.45. The van der Waals surface area contributed by atoms with Crippen molar-refractivity contribution in [1.82, 2.24) is 15.5 Å². The van der Waals surface area contributed by atoms with Crippen LogP contribution in [-0.4, -0.2) is 36.4 Å². The summed E-state index contributed by atoms with van der Waals surface area (Å²) in [4.78, 5) is 11.6. The standard InChI is InChI=1S/C13H15N3O3/c1-18-8-7-14-12(17)13-16-15-11(19-13)9-10-5-3-2-4-6-10/h2-6H,7-9H2,1H3,(H,14,17). The quantitative estimate of drug-likeness (QED) is 0.786. The third kappa shape index (κ3) is 3.89. The molecule has 0 bridgehead atoms. The number of hydrogen-bond acceptors (Lipinski definition) is 5. The molecule has 6 heteroatoms. The lowest BCUT2D eigenvalue weighted by molar-refractivity contribution is 0.0901. The lowest BCUT2D eigenvalue weighted by atomic mass is 10.2. The average Bonchev–Trinajstić information content (AvgIpc) is 2.89. The summed E-state index contributed by atoms with van der Waals surface area (Å²) in [7, 11) is 1.57. The number of carbonyl (C=O) groups excluding carboxylic acids is 1. The summed E-state index contributed by atoms with van der Waals surface area (Å²) >= 11 is 0. The van der Waals surface area contributed by atoms with E-state index in [1.165, 1.54) is 0 Å². The molecule has 1 aromatic carbocycles. The maximum absolute atomic E-state index is 11.6. The minimum Gasteiger partial charge on any atom is -0.417 e. The van der Waals surface area contributed by atoms with E-state index in [2.05, 4.69) is 15.5 Å². The predicted molar refractivity (Wildman–Crippen MR) is 67.8 cm³/mol. The highest BCUT2D eigenvalue weighted by Crippen LogP contribution is 2.08. The summed E-state index contributed by atoms with van der Waals surface area (Å²) in [5.74, 6) is 0.00832. The number of benzene rings is 1. The van der Waals surface area contributed by atoms with Crippen molar-refractivity contribution in [2.24, 2.45) is 0 Å². The van der Waals surface area contributed by atoms with Gasteiger partial charge in [0.05, 0.1) is 13.0 Å². The summed E-state index contributed by atoms with van der Waals surface area (Å²) in [5.41, 5.74) is 1.05. The van der Waals surface area contributed by atoms with Gasteiger partial charge in [0.25, 0.3) is 0 Å². The van der Waals surface area contributed by atoms with E-state index in [1.807, 2.05) is 30.3 Å². The van der Waals surface area contributed by atoms with E-state index in [0.29, 0.717) is 25.5 Å². The zero-order chi connectivity index (χ0) is 13.5. The van der Waals surface area contributed by atoms with Crippen LogP contribution < -0.4 is 5.32 Å². The van der Waals surface area contributed by atoms with Crippen molar-refractivity contribution in [3.8, 4) is 0 Å². The number of methoxy groups -OCH3 is 1. The molecule has 0 aliphatic rings. The molecule has 2 aromatic rings. The number of nitrogens with zero attached hydrogens (tertiary/aromatic N) is 2. The number of rotatable bonds is 6. The maximum atomic E-state index is 11.6. The van der Waals surface area contributed by atoms with Crippen LogP contribution in [0.15, 0.2) is 34.7 Å². The summed E-state index contributed by atoms with van der Waals surface area (Å²) < 4.78 is 10.1. The van der Waals surface area contributed by atoms with Crippen molar-refractivity contribution in [2.75, 3.05) is 20.3 Å². The van der Waals surface area contributed by atoms with Crippen molar-refractivity contribution in [3.05, 3.63) is 47.7 Å². The van der Waals surface area contributed by atoms with Crippen molar-refractivity contribution in [3.63, 3.8) is 0 Å². The molecule has 19 heavy (non-hydrogen) atoms. The molecule has 0 spiro atoms.